The summed E-state index contributed by atoms with van der Waals surface area (Å²) < 4.78 is 6.45. The number of ether oxygens (including phenoxy) is 1. The van der Waals surface area contributed by atoms with Crippen LogP contribution in [0, 0.1) is 6.92 Å². The Hall–Kier alpha value is -0.740. The molecule has 2 rings (SSSR count). The van der Waals surface area contributed by atoms with Crippen molar-refractivity contribution in [3.05, 3.63) is 61.5 Å². The van der Waals surface area contributed by atoms with E-state index >= 15 is 0 Å². The zero-order chi connectivity index (χ0) is 15.6. The van der Waals surface area contributed by atoms with E-state index in [1.165, 1.54) is 0 Å². The molecule has 0 amide bonds. The zero-order valence-corrected chi connectivity index (χ0v) is 14.9. The van der Waals surface area contributed by atoms with E-state index in [9.17, 15) is 0 Å². The van der Waals surface area contributed by atoms with Crippen molar-refractivity contribution in [2.75, 3.05) is 6.61 Å². The monoisotopic (exact) mass is 387 g/mol. The van der Waals surface area contributed by atoms with E-state index in [4.69, 9.17) is 33.7 Å². The van der Waals surface area contributed by atoms with Crippen LogP contribution >= 0.6 is 39.1 Å². The van der Waals surface area contributed by atoms with E-state index in [0.717, 1.165) is 21.2 Å². The zero-order valence-electron chi connectivity index (χ0n) is 11.8. The first-order valence-corrected chi connectivity index (χ1v) is 8.12. The molecular weight excluding hydrogens is 373 g/mol. The SMILES string of the molecule is CCOc1cc(Cl)c(C(N)c2ccc(Br)cc2C)cc1Cl. The smallest absolute Gasteiger partial charge is 0.139 e. The number of hydrogen-bond donors (Lipinski definition) is 1. The second kappa shape index (κ2) is 7.01. The minimum atomic E-state index is -0.334. The van der Waals surface area contributed by atoms with Gasteiger partial charge in [0.25, 0.3) is 0 Å². The largest absolute Gasteiger partial charge is 0.492 e. The highest BCUT2D eigenvalue weighted by atomic mass is 79.9. The van der Waals surface area contributed by atoms with Crippen LogP contribution in [0.3, 0.4) is 0 Å². The summed E-state index contributed by atoms with van der Waals surface area (Å²) in [5, 5.41) is 1.07. The molecule has 1 unspecified atom stereocenters. The number of benzene rings is 2. The summed E-state index contributed by atoms with van der Waals surface area (Å²) in [5.41, 5.74) is 9.26. The lowest BCUT2D eigenvalue weighted by molar-refractivity contribution is 0.340. The van der Waals surface area contributed by atoms with E-state index in [1.807, 2.05) is 32.0 Å². The normalized spacial score (nSPS) is 12.3. The Morgan fingerprint density at radius 1 is 1.14 bits per heavy atom. The predicted octanol–water partition coefficient (Wildman–Crippen LogP) is 5.51. The van der Waals surface area contributed by atoms with Gasteiger partial charge in [0.05, 0.1) is 17.7 Å². The summed E-state index contributed by atoms with van der Waals surface area (Å²) in [6.07, 6.45) is 0. The highest BCUT2D eigenvalue weighted by Gasteiger charge is 2.17. The number of nitrogens with two attached hydrogens (primary N) is 1. The van der Waals surface area contributed by atoms with Gasteiger partial charge in [-0.3, -0.25) is 0 Å². The minimum absolute atomic E-state index is 0.334. The lowest BCUT2D eigenvalue weighted by Gasteiger charge is -2.18. The standard InChI is InChI=1S/C16H16BrCl2NO/c1-3-21-15-8-13(18)12(7-14(15)19)16(20)11-5-4-10(17)6-9(11)2/h4-8,16H,3,20H2,1-2H3. The van der Waals surface area contributed by atoms with E-state index < -0.39 is 0 Å². The number of hydrogen-bond acceptors (Lipinski definition) is 2. The Balaban J connectivity index is 2.43. The van der Waals surface area contributed by atoms with Crippen molar-refractivity contribution in [2.45, 2.75) is 19.9 Å². The maximum absolute atomic E-state index is 6.36. The van der Waals surface area contributed by atoms with Gasteiger partial charge in [0.15, 0.2) is 0 Å². The first-order valence-electron chi connectivity index (χ1n) is 6.57. The average molecular weight is 389 g/mol. The highest BCUT2D eigenvalue weighted by Crippen LogP contribution is 2.36. The molecule has 0 spiro atoms. The predicted molar refractivity (Wildman–Crippen MR) is 92.5 cm³/mol. The molecule has 2 aromatic rings. The van der Waals surface area contributed by atoms with Crippen LogP contribution < -0.4 is 10.5 Å². The van der Waals surface area contributed by atoms with Crippen molar-refractivity contribution in [3.8, 4) is 5.75 Å². The molecule has 21 heavy (non-hydrogen) atoms. The van der Waals surface area contributed by atoms with Crippen LogP contribution in [0.1, 0.15) is 29.7 Å². The Bertz CT molecular complexity index is 661. The van der Waals surface area contributed by atoms with Crippen molar-refractivity contribution in [1.29, 1.82) is 0 Å². The highest BCUT2D eigenvalue weighted by molar-refractivity contribution is 9.10. The lowest BCUT2D eigenvalue weighted by atomic mass is 9.95. The molecule has 0 aliphatic rings. The molecule has 0 saturated heterocycles. The molecule has 5 heteroatoms. The molecule has 0 bridgehead atoms. The fourth-order valence-corrected chi connectivity index (χ4v) is 3.18. The van der Waals surface area contributed by atoms with E-state index in [1.54, 1.807) is 12.1 Å². The third-order valence-electron chi connectivity index (χ3n) is 3.25. The molecule has 2 aromatic carbocycles. The summed E-state index contributed by atoms with van der Waals surface area (Å²) in [5.74, 6) is 0.577. The molecule has 0 aliphatic heterocycles. The van der Waals surface area contributed by atoms with Gasteiger partial charge in [0, 0.05) is 15.6 Å². The van der Waals surface area contributed by atoms with Gasteiger partial charge in [0.2, 0.25) is 0 Å². The molecule has 112 valence electrons. The molecule has 0 heterocycles. The van der Waals surface area contributed by atoms with Crippen LogP contribution in [0.25, 0.3) is 0 Å². The summed E-state index contributed by atoms with van der Waals surface area (Å²) >= 11 is 16.0. The Kier molecular flexibility index (Phi) is 5.55. The van der Waals surface area contributed by atoms with E-state index in [-0.39, 0.29) is 6.04 Å². The van der Waals surface area contributed by atoms with E-state index in [0.29, 0.717) is 22.4 Å². The third kappa shape index (κ3) is 3.72. The molecule has 2 nitrogen and oxygen atoms in total. The molecule has 0 aromatic heterocycles. The van der Waals surface area contributed by atoms with Crippen LogP contribution in [0.15, 0.2) is 34.8 Å². The third-order valence-corrected chi connectivity index (χ3v) is 4.37. The van der Waals surface area contributed by atoms with Crippen LogP contribution in [-0.2, 0) is 0 Å². The quantitative estimate of drug-likeness (QED) is 0.749. The average Bonchev–Trinajstić information content (AvgIpc) is 2.42. The van der Waals surface area contributed by atoms with Crippen LogP contribution in [-0.4, -0.2) is 6.61 Å². The minimum Gasteiger partial charge on any atom is -0.492 e. The molecule has 0 fully saturated rings. The molecular formula is C16H16BrCl2NO. The van der Waals surface area contributed by atoms with Gasteiger partial charge in [-0.15, -0.1) is 0 Å². The maximum atomic E-state index is 6.36. The molecule has 0 aliphatic carbocycles. The fraction of sp³-hybridized carbons (Fsp3) is 0.250. The molecule has 0 saturated carbocycles. The van der Waals surface area contributed by atoms with Crippen molar-refractivity contribution in [3.63, 3.8) is 0 Å². The van der Waals surface area contributed by atoms with E-state index in [2.05, 4.69) is 15.9 Å². The van der Waals surface area contributed by atoms with Crippen molar-refractivity contribution in [1.82, 2.24) is 0 Å². The second-order valence-electron chi connectivity index (χ2n) is 4.72. The van der Waals surface area contributed by atoms with Gasteiger partial charge in [-0.2, -0.15) is 0 Å². The number of rotatable bonds is 4. The Labute approximate surface area is 143 Å². The number of aryl methyl sites for hydroxylation is 1. The first kappa shape index (κ1) is 16.6. The van der Waals surface area contributed by atoms with Gasteiger partial charge in [-0.05, 0) is 48.7 Å². The van der Waals surface area contributed by atoms with Crippen LogP contribution in [0.2, 0.25) is 10.0 Å². The lowest BCUT2D eigenvalue weighted by Crippen LogP contribution is -2.14. The molecule has 2 N–H and O–H groups in total. The van der Waals surface area contributed by atoms with Gasteiger partial charge in [0.1, 0.15) is 5.75 Å². The van der Waals surface area contributed by atoms with Crippen molar-refractivity contribution in [2.24, 2.45) is 5.73 Å². The van der Waals surface area contributed by atoms with Gasteiger partial charge >= 0.3 is 0 Å². The first-order chi connectivity index (χ1) is 9.93. The summed E-state index contributed by atoms with van der Waals surface area (Å²) in [6.45, 7) is 4.45. The van der Waals surface area contributed by atoms with Gasteiger partial charge in [-0.1, -0.05) is 45.2 Å². The topological polar surface area (TPSA) is 35.2 Å². The molecule has 1 atom stereocenters. The summed E-state index contributed by atoms with van der Waals surface area (Å²) in [6, 6.07) is 9.15. The summed E-state index contributed by atoms with van der Waals surface area (Å²) in [4.78, 5) is 0. The van der Waals surface area contributed by atoms with Gasteiger partial charge < -0.3 is 10.5 Å². The number of halogens is 3. The van der Waals surface area contributed by atoms with Crippen molar-refractivity contribution >= 4 is 39.1 Å². The fourth-order valence-electron chi connectivity index (χ4n) is 2.20. The Morgan fingerprint density at radius 3 is 2.48 bits per heavy atom. The summed E-state index contributed by atoms with van der Waals surface area (Å²) in [7, 11) is 0. The maximum Gasteiger partial charge on any atom is 0.139 e. The van der Waals surface area contributed by atoms with Gasteiger partial charge in [-0.25, -0.2) is 0 Å². The van der Waals surface area contributed by atoms with Crippen molar-refractivity contribution < 1.29 is 4.74 Å². The van der Waals surface area contributed by atoms with Crippen LogP contribution in [0.5, 0.6) is 5.75 Å². The van der Waals surface area contributed by atoms with Crippen LogP contribution in [0.4, 0.5) is 0 Å². The second-order valence-corrected chi connectivity index (χ2v) is 6.45. The molecule has 0 radical (unpaired) electrons. The Morgan fingerprint density at radius 2 is 1.86 bits per heavy atom.